The lowest BCUT2D eigenvalue weighted by atomic mass is 10.1. The number of carbonyl (C=O) groups excluding carboxylic acids is 1. The molecule has 0 heterocycles. The molecule has 88 valence electrons. The predicted octanol–water partition coefficient (Wildman–Crippen LogP) is 1.18. The van der Waals surface area contributed by atoms with Crippen LogP contribution in [0, 0.1) is 11.6 Å². The molecule has 1 aromatic carbocycles. The van der Waals surface area contributed by atoms with Crippen molar-refractivity contribution in [3.63, 3.8) is 0 Å². The molecule has 4 nitrogen and oxygen atoms in total. The van der Waals surface area contributed by atoms with Crippen LogP contribution >= 0.6 is 0 Å². The molecular weight excluding hydrogens is 222 g/mol. The lowest BCUT2D eigenvalue weighted by Crippen LogP contribution is -2.16. The minimum absolute atomic E-state index is 0.254. The number of aliphatic hydroxyl groups is 1. The van der Waals surface area contributed by atoms with Crippen molar-refractivity contribution in [2.75, 3.05) is 14.2 Å². The maximum atomic E-state index is 13.4. The maximum Gasteiger partial charge on any atom is 0.339 e. The number of carbonyl (C=O) groups is 1. The van der Waals surface area contributed by atoms with Gasteiger partial charge in [-0.05, 0) is 0 Å². The predicted molar refractivity (Wildman–Crippen MR) is 49.9 cm³/mol. The standard InChI is InChI=1S/C10H10F2O4/c1-15-7-4-5(11)3-6(12)8(7)9(13)10(14)16-2/h3-4,9,13H,1-2H3. The first kappa shape index (κ1) is 12.4. The van der Waals surface area contributed by atoms with Gasteiger partial charge in [-0.1, -0.05) is 0 Å². The van der Waals surface area contributed by atoms with Crippen LogP contribution < -0.4 is 4.74 Å². The highest BCUT2D eigenvalue weighted by Gasteiger charge is 2.26. The number of hydrogen-bond donors (Lipinski definition) is 1. The van der Waals surface area contributed by atoms with Gasteiger partial charge in [0.05, 0.1) is 19.8 Å². The summed E-state index contributed by atoms with van der Waals surface area (Å²) in [6.07, 6.45) is -1.85. The molecule has 1 N–H and O–H groups in total. The first-order valence-electron chi connectivity index (χ1n) is 4.30. The largest absolute Gasteiger partial charge is 0.496 e. The third kappa shape index (κ3) is 2.27. The van der Waals surface area contributed by atoms with Crippen molar-refractivity contribution in [2.45, 2.75) is 6.10 Å². The van der Waals surface area contributed by atoms with E-state index in [2.05, 4.69) is 9.47 Å². The van der Waals surface area contributed by atoms with E-state index < -0.39 is 29.3 Å². The average Bonchev–Trinajstić information content (AvgIpc) is 2.26. The molecule has 1 rings (SSSR count). The van der Waals surface area contributed by atoms with E-state index in [1.54, 1.807) is 0 Å². The summed E-state index contributed by atoms with van der Waals surface area (Å²) in [6, 6.07) is 1.41. The van der Waals surface area contributed by atoms with Gasteiger partial charge in [0.15, 0.2) is 6.10 Å². The van der Waals surface area contributed by atoms with Crippen LogP contribution in [0.15, 0.2) is 12.1 Å². The number of halogens is 2. The Labute approximate surface area is 90.4 Å². The van der Waals surface area contributed by atoms with Crippen LogP contribution in [0.1, 0.15) is 11.7 Å². The third-order valence-corrected chi connectivity index (χ3v) is 1.97. The van der Waals surface area contributed by atoms with Crippen molar-refractivity contribution in [1.29, 1.82) is 0 Å². The molecule has 0 aromatic heterocycles. The Morgan fingerprint density at radius 3 is 2.50 bits per heavy atom. The molecule has 0 saturated carbocycles. The quantitative estimate of drug-likeness (QED) is 0.795. The average molecular weight is 232 g/mol. The molecule has 0 spiro atoms. The summed E-state index contributed by atoms with van der Waals surface area (Å²) in [7, 11) is 2.21. The molecule has 1 unspecified atom stereocenters. The SMILES string of the molecule is COC(=O)C(O)c1c(F)cc(F)cc1OC. The Kier molecular flexibility index (Phi) is 3.78. The monoisotopic (exact) mass is 232 g/mol. The summed E-state index contributed by atoms with van der Waals surface area (Å²) in [5, 5.41) is 9.46. The molecule has 0 bridgehead atoms. The highest BCUT2D eigenvalue weighted by Crippen LogP contribution is 2.29. The van der Waals surface area contributed by atoms with E-state index in [9.17, 15) is 18.7 Å². The summed E-state index contributed by atoms with van der Waals surface area (Å²) < 4.78 is 35.1. The van der Waals surface area contributed by atoms with Gasteiger partial charge in [-0.2, -0.15) is 0 Å². The molecular formula is C10H10F2O4. The molecule has 1 atom stereocenters. The molecule has 1 aromatic rings. The molecule has 16 heavy (non-hydrogen) atoms. The maximum absolute atomic E-state index is 13.4. The van der Waals surface area contributed by atoms with E-state index in [0.29, 0.717) is 6.07 Å². The van der Waals surface area contributed by atoms with Crippen molar-refractivity contribution in [2.24, 2.45) is 0 Å². The van der Waals surface area contributed by atoms with E-state index in [0.717, 1.165) is 13.2 Å². The second-order valence-corrected chi connectivity index (χ2v) is 2.93. The van der Waals surface area contributed by atoms with Crippen LogP contribution in [0.3, 0.4) is 0 Å². The number of hydrogen-bond acceptors (Lipinski definition) is 4. The Balaban J connectivity index is 3.26. The second kappa shape index (κ2) is 4.89. The number of esters is 1. The third-order valence-electron chi connectivity index (χ3n) is 1.97. The van der Waals surface area contributed by atoms with E-state index in [4.69, 9.17) is 0 Å². The molecule has 0 radical (unpaired) electrons. The molecule has 0 aliphatic carbocycles. The number of benzene rings is 1. The smallest absolute Gasteiger partial charge is 0.339 e. The zero-order chi connectivity index (χ0) is 12.3. The van der Waals surface area contributed by atoms with E-state index >= 15 is 0 Å². The van der Waals surface area contributed by atoms with Crippen LogP contribution in [0.5, 0.6) is 5.75 Å². The molecule has 0 aliphatic rings. The van der Waals surface area contributed by atoms with Crippen molar-refractivity contribution in [3.8, 4) is 5.75 Å². The lowest BCUT2D eigenvalue weighted by Gasteiger charge is -2.13. The first-order chi connectivity index (χ1) is 7.51. The van der Waals surface area contributed by atoms with Crippen LogP contribution in [0.25, 0.3) is 0 Å². The minimum Gasteiger partial charge on any atom is -0.496 e. The zero-order valence-corrected chi connectivity index (χ0v) is 8.66. The second-order valence-electron chi connectivity index (χ2n) is 2.93. The normalized spacial score (nSPS) is 12.1. The number of aliphatic hydroxyl groups excluding tert-OH is 1. The van der Waals surface area contributed by atoms with Crippen molar-refractivity contribution >= 4 is 5.97 Å². The van der Waals surface area contributed by atoms with Gasteiger partial charge in [0.1, 0.15) is 17.4 Å². The van der Waals surface area contributed by atoms with Crippen molar-refractivity contribution < 1.29 is 28.2 Å². The van der Waals surface area contributed by atoms with Crippen LogP contribution in [-0.2, 0) is 9.53 Å². The number of methoxy groups -OCH3 is 2. The van der Waals surface area contributed by atoms with Crippen LogP contribution in [-0.4, -0.2) is 25.3 Å². The van der Waals surface area contributed by atoms with Gasteiger partial charge in [0.25, 0.3) is 0 Å². The Hall–Kier alpha value is -1.69. The first-order valence-corrected chi connectivity index (χ1v) is 4.30. The van der Waals surface area contributed by atoms with E-state index in [-0.39, 0.29) is 5.75 Å². The fraction of sp³-hybridized carbons (Fsp3) is 0.300. The van der Waals surface area contributed by atoms with Gasteiger partial charge >= 0.3 is 5.97 Å². The lowest BCUT2D eigenvalue weighted by molar-refractivity contribution is -0.151. The molecule has 0 fully saturated rings. The highest BCUT2D eigenvalue weighted by atomic mass is 19.1. The van der Waals surface area contributed by atoms with Crippen molar-refractivity contribution in [3.05, 3.63) is 29.3 Å². The Bertz CT molecular complexity index is 406. The Morgan fingerprint density at radius 1 is 1.38 bits per heavy atom. The fourth-order valence-electron chi connectivity index (χ4n) is 1.22. The minimum atomic E-state index is -1.85. The topological polar surface area (TPSA) is 55.8 Å². The van der Waals surface area contributed by atoms with Crippen molar-refractivity contribution in [1.82, 2.24) is 0 Å². The summed E-state index contributed by atoms with van der Waals surface area (Å²) in [6.45, 7) is 0. The van der Waals surface area contributed by atoms with Crippen LogP contribution in [0.4, 0.5) is 8.78 Å². The summed E-state index contributed by atoms with van der Waals surface area (Å²) in [5.74, 6) is -3.25. The molecule has 0 aliphatic heterocycles. The summed E-state index contributed by atoms with van der Waals surface area (Å²) in [4.78, 5) is 11.0. The van der Waals surface area contributed by atoms with Gasteiger partial charge in [0, 0.05) is 12.1 Å². The Morgan fingerprint density at radius 2 is 2.00 bits per heavy atom. The summed E-state index contributed by atoms with van der Waals surface area (Å²) in [5.41, 5.74) is -0.448. The van der Waals surface area contributed by atoms with Gasteiger partial charge < -0.3 is 14.6 Å². The van der Waals surface area contributed by atoms with E-state index in [1.807, 2.05) is 0 Å². The van der Waals surface area contributed by atoms with Gasteiger partial charge in [-0.3, -0.25) is 0 Å². The van der Waals surface area contributed by atoms with E-state index in [1.165, 1.54) is 7.11 Å². The molecule has 0 saturated heterocycles. The van der Waals surface area contributed by atoms with Gasteiger partial charge in [-0.25, -0.2) is 13.6 Å². The highest BCUT2D eigenvalue weighted by molar-refractivity contribution is 5.77. The number of rotatable bonds is 3. The zero-order valence-electron chi connectivity index (χ0n) is 8.66. The molecule has 6 heteroatoms. The van der Waals surface area contributed by atoms with Crippen LogP contribution in [0.2, 0.25) is 0 Å². The fourth-order valence-corrected chi connectivity index (χ4v) is 1.22. The molecule has 0 amide bonds. The van der Waals surface area contributed by atoms with Gasteiger partial charge in [0.2, 0.25) is 0 Å². The van der Waals surface area contributed by atoms with Gasteiger partial charge in [-0.15, -0.1) is 0 Å². The number of ether oxygens (including phenoxy) is 2. The summed E-state index contributed by atoms with van der Waals surface area (Å²) >= 11 is 0.